The molecule has 0 unspecified atom stereocenters. The third kappa shape index (κ3) is 1.72. The number of hydrogen-bond acceptors (Lipinski definition) is 2. The minimum atomic E-state index is 0.0400. The Kier molecular flexibility index (Phi) is 2.65. The first-order valence-corrected chi connectivity index (χ1v) is 8.03. The highest BCUT2D eigenvalue weighted by Crippen LogP contribution is 2.60. The predicted octanol–water partition coefficient (Wildman–Crippen LogP) is 2.61. The molecule has 1 heterocycles. The molecule has 5 rings (SSSR count). The normalized spacial score (nSPS) is 38.4. The Balaban J connectivity index is 1.79. The fourth-order valence-electron chi connectivity index (χ4n) is 5.70. The number of rotatable bonds is 2. The van der Waals surface area contributed by atoms with Gasteiger partial charge in [0.05, 0.1) is 0 Å². The molecule has 4 saturated carbocycles. The number of aryl methyl sites for hydroxylation is 1. The number of nitrogens with two attached hydrogens (primary N) is 1. The number of H-pyrrole nitrogens is 1. The molecule has 1 aromatic rings. The average Bonchev–Trinajstić information content (AvgIpc) is 2.36. The van der Waals surface area contributed by atoms with Gasteiger partial charge in [-0.1, -0.05) is 0 Å². The molecule has 0 radical (unpaired) electrons. The fraction of sp³-hybridized carbons (Fsp3) is 0.706. The zero-order chi connectivity index (χ0) is 13.9. The second kappa shape index (κ2) is 4.20. The van der Waals surface area contributed by atoms with E-state index in [0.29, 0.717) is 6.54 Å². The van der Waals surface area contributed by atoms with E-state index in [-0.39, 0.29) is 11.0 Å². The van der Waals surface area contributed by atoms with Crippen LogP contribution in [0.1, 0.15) is 55.3 Å². The van der Waals surface area contributed by atoms with Crippen LogP contribution in [-0.4, -0.2) is 4.98 Å². The third-order valence-corrected chi connectivity index (χ3v) is 6.17. The molecule has 4 aliphatic carbocycles. The summed E-state index contributed by atoms with van der Waals surface area (Å²) in [5.74, 6) is 2.71. The van der Waals surface area contributed by atoms with E-state index in [0.717, 1.165) is 28.9 Å². The maximum Gasteiger partial charge on any atom is 0.252 e. The van der Waals surface area contributed by atoms with Crippen molar-refractivity contribution in [3.05, 3.63) is 33.2 Å². The van der Waals surface area contributed by atoms with Crippen LogP contribution in [0.15, 0.2) is 10.9 Å². The van der Waals surface area contributed by atoms with Gasteiger partial charge in [0.15, 0.2) is 0 Å². The maximum absolute atomic E-state index is 12.2. The fourth-order valence-corrected chi connectivity index (χ4v) is 5.70. The molecule has 4 fully saturated rings. The molecule has 3 nitrogen and oxygen atoms in total. The van der Waals surface area contributed by atoms with Crippen LogP contribution in [0.25, 0.3) is 0 Å². The van der Waals surface area contributed by atoms with Gasteiger partial charge in [0.2, 0.25) is 0 Å². The topological polar surface area (TPSA) is 58.9 Å². The highest BCUT2D eigenvalue weighted by molar-refractivity contribution is 5.31. The van der Waals surface area contributed by atoms with Crippen molar-refractivity contribution in [3.8, 4) is 0 Å². The highest BCUT2D eigenvalue weighted by Gasteiger charge is 2.52. The molecular formula is C17H24N2O. The third-order valence-electron chi connectivity index (χ3n) is 6.17. The van der Waals surface area contributed by atoms with E-state index in [1.165, 1.54) is 44.2 Å². The van der Waals surface area contributed by atoms with E-state index < -0.39 is 0 Å². The number of aromatic nitrogens is 1. The quantitative estimate of drug-likeness (QED) is 0.869. The summed E-state index contributed by atoms with van der Waals surface area (Å²) in [6.07, 6.45) is 8.17. The van der Waals surface area contributed by atoms with Crippen LogP contribution in [0.5, 0.6) is 0 Å². The lowest BCUT2D eigenvalue weighted by Crippen LogP contribution is -2.49. The van der Waals surface area contributed by atoms with Crippen LogP contribution in [0, 0.1) is 24.7 Å². The van der Waals surface area contributed by atoms with Crippen LogP contribution in [0.2, 0.25) is 0 Å². The summed E-state index contributed by atoms with van der Waals surface area (Å²) in [6, 6.07) is 2.22. The molecule has 0 saturated heterocycles. The van der Waals surface area contributed by atoms with Crippen molar-refractivity contribution in [1.82, 2.24) is 4.98 Å². The van der Waals surface area contributed by atoms with Crippen LogP contribution >= 0.6 is 0 Å². The molecule has 0 atom stereocenters. The van der Waals surface area contributed by atoms with Crippen molar-refractivity contribution in [2.75, 3.05) is 0 Å². The number of pyridine rings is 1. The molecule has 0 amide bonds. The molecule has 1 aromatic heterocycles. The Morgan fingerprint density at radius 2 is 1.75 bits per heavy atom. The monoisotopic (exact) mass is 272 g/mol. The van der Waals surface area contributed by atoms with Crippen molar-refractivity contribution >= 4 is 0 Å². The van der Waals surface area contributed by atoms with E-state index in [1.807, 2.05) is 6.92 Å². The Hall–Kier alpha value is -1.09. The van der Waals surface area contributed by atoms with Crippen molar-refractivity contribution in [2.45, 2.75) is 57.4 Å². The van der Waals surface area contributed by atoms with E-state index >= 15 is 0 Å². The molecule has 20 heavy (non-hydrogen) atoms. The summed E-state index contributed by atoms with van der Waals surface area (Å²) < 4.78 is 0. The SMILES string of the molecule is Cc1cc(C23CC4CC(CC(C4)C2)C3)[nH]c(=O)c1CN. The molecule has 0 aromatic carbocycles. The summed E-state index contributed by atoms with van der Waals surface area (Å²) in [4.78, 5) is 15.4. The van der Waals surface area contributed by atoms with Crippen molar-refractivity contribution < 1.29 is 0 Å². The van der Waals surface area contributed by atoms with Gasteiger partial charge >= 0.3 is 0 Å². The van der Waals surface area contributed by atoms with Gasteiger partial charge in [-0.2, -0.15) is 0 Å². The van der Waals surface area contributed by atoms with Crippen LogP contribution in [0.3, 0.4) is 0 Å². The first kappa shape index (κ1) is 12.6. The van der Waals surface area contributed by atoms with Crippen LogP contribution in [0.4, 0.5) is 0 Å². The molecule has 0 aliphatic heterocycles. The molecule has 3 heteroatoms. The number of nitrogens with one attached hydrogen (secondary N) is 1. The zero-order valence-corrected chi connectivity index (χ0v) is 12.2. The van der Waals surface area contributed by atoms with Gasteiger partial charge in [-0.05, 0) is 74.8 Å². The minimum absolute atomic E-state index is 0.0400. The van der Waals surface area contributed by atoms with Gasteiger partial charge in [-0.15, -0.1) is 0 Å². The van der Waals surface area contributed by atoms with E-state index in [4.69, 9.17) is 5.73 Å². The Bertz CT molecular complexity index is 566. The molecule has 4 aliphatic rings. The molecule has 0 spiro atoms. The Morgan fingerprint density at radius 1 is 1.20 bits per heavy atom. The van der Waals surface area contributed by atoms with Gasteiger partial charge in [0.1, 0.15) is 0 Å². The van der Waals surface area contributed by atoms with Crippen LogP contribution in [-0.2, 0) is 12.0 Å². The van der Waals surface area contributed by atoms with E-state index in [1.54, 1.807) is 0 Å². The highest BCUT2D eigenvalue weighted by atomic mass is 16.1. The predicted molar refractivity (Wildman–Crippen MR) is 79.5 cm³/mol. The number of aromatic amines is 1. The first-order valence-electron chi connectivity index (χ1n) is 8.03. The molecular weight excluding hydrogens is 248 g/mol. The van der Waals surface area contributed by atoms with Crippen molar-refractivity contribution in [2.24, 2.45) is 23.5 Å². The smallest absolute Gasteiger partial charge is 0.252 e. The first-order chi connectivity index (χ1) is 9.59. The van der Waals surface area contributed by atoms with Gasteiger partial charge < -0.3 is 10.7 Å². The summed E-state index contributed by atoms with van der Waals surface area (Å²) in [7, 11) is 0. The van der Waals surface area contributed by atoms with Crippen LogP contribution < -0.4 is 11.3 Å². The second-order valence-corrected chi connectivity index (χ2v) is 7.58. The molecule has 4 bridgehead atoms. The summed E-state index contributed by atoms with van der Waals surface area (Å²) in [5, 5.41) is 0. The van der Waals surface area contributed by atoms with Gasteiger partial charge in [-0.3, -0.25) is 4.79 Å². The van der Waals surface area contributed by atoms with Crippen molar-refractivity contribution in [1.29, 1.82) is 0 Å². The molecule has 108 valence electrons. The van der Waals surface area contributed by atoms with Gasteiger partial charge in [-0.25, -0.2) is 0 Å². The zero-order valence-electron chi connectivity index (χ0n) is 12.2. The lowest BCUT2D eigenvalue weighted by molar-refractivity contribution is -0.00733. The maximum atomic E-state index is 12.2. The second-order valence-electron chi connectivity index (χ2n) is 7.58. The molecule has 3 N–H and O–H groups in total. The minimum Gasteiger partial charge on any atom is -0.326 e. The lowest BCUT2D eigenvalue weighted by Gasteiger charge is -2.56. The Morgan fingerprint density at radius 3 is 2.20 bits per heavy atom. The largest absolute Gasteiger partial charge is 0.326 e. The summed E-state index contributed by atoms with van der Waals surface area (Å²) in [6.45, 7) is 2.36. The van der Waals surface area contributed by atoms with Crippen molar-refractivity contribution in [3.63, 3.8) is 0 Å². The van der Waals surface area contributed by atoms with Gasteiger partial charge in [0, 0.05) is 23.2 Å². The lowest BCUT2D eigenvalue weighted by atomic mass is 9.48. The Labute approximate surface area is 120 Å². The summed E-state index contributed by atoms with van der Waals surface area (Å²) in [5.41, 5.74) is 9.02. The van der Waals surface area contributed by atoms with E-state index in [9.17, 15) is 4.79 Å². The standard InChI is InChI=1S/C17H24N2O/c1-10-2-15(19-16(20)14(10)9-18)17-6-11-3-12(7-17)5-13(4-11)8-17/h2,11-13H,3-9,18H2,1H3,(H,19,20). The van der Waals surface area contributed by atoms with Gasteiger partial charge in [0.25, 0.3) is 5.56 Å². The number of hydrogen-bond donors (Lipinski definition) is 2. The van der Waals surface area contributed by atoms with E-state index in [2.05, 4.69) is 11.1 Å². The average molecular weight is 272 g/mol. The summed E-state index contributed by atoms with van der Waals surface area (Å²) >= 11 is 0.